The Morgan fingerprint density at radius 1 is 0.622 bits per heavy atom. The Bertz CT molecular complexity index is 935. The largest absolute Gasteiger partial charge is 0.478 e. The van der Waals surface area contributed by atoms with Crippen molar-refractivity contribution >= 4 is 0 Å². The standard InChI is InChI=1S/C33H47NO3/c1(2-4-8-12-26-15-16-26)3-5-10-14-33-36-30-21-19-28(24-31(30)37-33)29-20-22-32(34-25-29)35-23-11-7-6-9-13-27-17-18-27/h19-22,24-27,33H,1-18,23H2. The maximum Gasteiger partial charge on any atom is 0.241 e. The van der Waals surface area contributed by atoms with Crippen LogP contribution in [0.2, 0.25) is 0 Å². The number of nitrogens with zero attached hydrogens (tertiary/aromatic N) is 1. The summed E-state index contributed by atoms with van der Waals surface area (Å²) in [6.45, 7) is 0.752. The van der Waals surface area contributed by atoms with Gasteiger partial charge in [-0.05, 0) is 48.4 Å². The van der Waals surface area contributed by atoms with E-state index in [1.807, 2.05) is 18.3 Å². The second-order valence-corrected chi connectivity index (χ2v) is 11.7. The highest BCUT2D eigenvalue weighted by Gasteiger charge is 2.24. The molecule has 2 aromatic rings. The zero-order valence-electron chi connectivity index (χ0n) is 22.8. The third-order valence-electron chi connectivity index (χ3n) is 8.23. The van der Waals surface area contributed by atoms with Gasteiger partial charge in [0, 0.05) is 24.2 Å². The van der Waals surface area contributed by atoms with Crippen LogP contribution in [0.1, 0.15) is 116 Å². The molecule has 3 aliphatic rings. The van der Waals surface area contributed by atoms with Crippen molar-refractivity contribution in [2.24, 2.45) is 11.8 Å². The lowest BCUT2D eigenvalue weighted by atomic mass is 10.1. The summed E-state index contributed by atoms with van der Waals surface area (Å²) in [4.78, 5) is 4.53. The van der Waals surface area contributed by atoms with Crippen LogP contribution >= 0.6 is 0 Å². The molecule has 0 radical (unpaired) electrons. The highest BCUT2D eigenvalue weighted by molar-refractivity contribution is 5.67. The van der Waals surface area contributed by atoms with Gasteiger partial charge in [0.05, 0.1) is 6.61 Å². The van der Waals surface area contributed by atoms with E-state index in [1.165, 1.54) is 103 Å². The Morgan fingerprint density at radius 3 is 1.86 bits per heavy atom. The SMILES string of the molecule is c1cc(OCCCCCCC2CC2)ncc1-c1ccc2c(c1)OC(CCCCCCCCCC1CC1)O2. The van der Waals surface area contributed by atoms with E-state index < -0.39 is 0 Å². The van der Waals surface area contributed by atoms with Crippen LogP contribution in [0.5, 0.6) is 17.4 Å². The van der Waals surface area contributed by atoms with Crippen molar-refractivity contribution in [2.75, 3.05) is 6.61 Å². The molecule has 0 bridgehead atoms. The van der Waals surface area contributed by atoms with Crippen molar-refractivity contribution < 1.29 is 14.2 Å². The van der Waals surface area contributed by atoms with Crippen LogP contribution in [0, 0.1) is 11.8 Å². The van der Waals surface area contributed by atoms with Crippen LogP contribution in [-0.2, 0) is 0 Å². The second kappa shape index (κ2) is 14.1. The summed E-state index contributed by atoms with van der Waals surface area (Å²) in [6.07, 6.45) is 26.1. The molecule has 202 valence electrons. The first-order valence-corrected chi connectivity index (χ1v) is 15.4. The first kappa shape index (κ1) is 26.4. The molecular formula is C33H47NO3. The molecule has 0 N–H and O–H groups in total. The Morgan fingerprint density at radius 2 is 1.22 bits per heavy atom. The third kappa shape index (κ3) is 9.23. The van der Waals surface area contributed by atoms with E-state index in [-0.39, 0.29) is 6.29 Å². The van der Waals surface area contributed by atoms with Gasteiger partial charge in [-0.25, -0.2) is 4.98 Å². The van der Waals surface area contributed by atoms with Gasteiger partial charge in [0.25, 0.3) is 0 Å². The van der Waals surface area contributed by atoms with E-state index in [0.29, 0.717) is 5.88 Å². The fraction of sp³-hybridized carbons (Fsp3) is 0.667. The third-order valence-corrected chi connectivity index (χ3v) is 8.23. The summed E-state index contributed by atoms with van der Waals surface area (Å²) in [5.41, 5.74) is 2.17. The van der Waals surface area contributed by atoms with E-state index in [1.54, 1.807) is 0 Å². The minimum atomic E-state index is -0.147. The Balaban J connectivity index is 0.948. The van der Waals surface area contributed by atoms with Crippen molar-refractivity contribution in [3.63, 3.8) is 0 Å². The van der Waals surface area contributed by atoms with Crippen molar-refractivity contribution in [2.45, 2.75) is 122 Å². The van der Waals surface area contributed by atoms with Crippen molar-refractivity contribution in [1.29, 1.82) is 0 Å². The minimum Gasteiger partial charge on any atom is -0.478 e. The fourth-order valence-corrected chi connectivity index (χ4v) is 5.44. The molecule has 4 nitrogen and oxygen atoms in total. The van der Waals surface area contributed by atoms with E-state index in [0.717, 1.165) is 53.9 Å². The van der Waals surface area contributed by atoms with Gasteiger partial charge in [-0.1, -0.05) is 102 Å². The van der Waals surface area contributed by atoms with Crippen molar-refractivity contribution in [1.82, 2.24) is 4.98 Å². The van der Waals surface area contributed by atoms with Gasteiger partial charge >= 0.3 is 0 Å². The van der Waals surface area contributed by atoms with E-state index in [4.69, 9.17) is 14.2 Å². The van der Waals surface area contributed by atoms with Crippen LogP contribution in [0.4, 0.5) is 0 Å². The zero-order chi connectivity index (χ0) is 25.1. The molecule has 4 heteroatoms. The Hall–Kier alpha value is -2.23. The highest BCUT2D eigenvalue weighted by atomic mass is 16.7. The fourth-order valence-electron chi connectivity index (χ4n) is 5.44. The lowest BCUT2D eigenvalue weighted by Gasteiger charge is -2.09. The molecule has 1 unspecified atom stereocenters. The zero-order valence-corrected chi connectivity index (χ0v) is 22.8. The number of rotatable bonds is 19. The van der Waals surface area contributed by atoms with Crippen LogP contribution in [0.15, 0.2) is 36.5 Å². The topological polar surface area (TPSA) is 40.6 Å². The number of aromatic nitrogens is 1. The molecule has 0 amide bonds. The van der Waals surface area contributed by atoms with Gasteiger partial charge in [-0.2, -0.15) is 0 Å². The quantitative estimate of drug-likeness (QED) is 0.178. The minimum absolute atomic E-state index is 0.147. The van der Waals surface area contributed by atoms with Crippen LogP contribution in [0.3, 0.4) is 0 Å². The van der Waals surface area contributed by atoms with Gasteiger partial charge in [0.15, 0.2) is 11.5 Å². The Kier molecular flexibility index (Phi) is 10.0. The van der Waals surface area contributed by atoms with Crippen molar-refractivity contribution in [3.05, 3.63) is 36.5 Å². The molecule has 2 saturated carbocycles. The van der Waals surface area contributed by atoms with Crippen molar-refractivity contribution in [3.8, 4) is 28.5 Å². The van der Waals surface area contributed by atoms with Gasteiger partial charge in [-0.3, -0.25) is 0 Å². The highest BCUT2D eigenvalue weighted by Crippen LogP contribution is 2.39. The molecule has 1 atom stereocenters. The lowest BCUT2D eigenvalue weighted by Crippen LogP contribution is -2.17. The average Bonchev–Trinajstić information content (AvgIpc) is 3.86. The number of pyridine rings is 1. The summed E-state index contributed by atoms with van der Waals surface area (Å²) in [5, 5.41) is 0. The predicted molar refractivity (Wildman–Crippen MR) is 150 cm³/mol. The first-order valence-electron chi connectivity index (χ1n) is 15.4. The maximum absolute atomic E-state index is 6.12. The number of hydrogen-bond acceptors (Lipinski definition) is 4. The summed E-state index contributed by atoms with van der Waals surface area (Å²) < 4.78 is 18.0. The summed E-state index contributed by atoms with van der Waals surface area (Å²) in [5.74, 6) is 4.56. The van der Waals surface area contributed by atoms with E-state index in [9.17, 15) is 0 Å². The molecule has 2 aliphatic carbocycles. The van der Waals surface area contributed by atoms with Gasteiger partial charge in [0.1, 0.15) is 0 Å². The molecule has 0 spiro atoms. The molecule has 0 saturated heterocycles. The smallest absolute Gasteiger partial charge is 0.241 e. The lowest BCUT2D eigenvalue weighted by molar-refractivity contribution is 0.0395. The number of benzene rings is 1. The monoisotopic (exact) mass is 505 g/mol. The maximum atomic E-state index is 6.12. The average molecular weight is 506 g/mol. The number of fused-ring (bicyclic) bond motifs is 1. The molecule has 1 aromatic heterocycles. The van der Waals surface area contributed by atoms with Crippen LogP contribution < -0.4 is 14.2 Å². The molecule has 2 heterocycles. The molecular weight excluding hydrogens is 458 g/mol. The van der Waals surface area contributed by atoms with Gasteiger partial charge < -0.3 is 14.2 Å². The number of ether oxygens (including phenoxy) is 3. The Labute approximate surface area is 224 Å². The molecule has 2 fully saturated rings. The number of hydrogen-bond donors (Lipinski definition) is 0. The molecule has 5 rings (SSSR count). The normalized spacial score (nSPS) is 18.3. The van der Waals surface area contributed by atoms with E-state index in [2.05, 4.69) is 23.2 Å². The van der Waals surface area contributed by atoms with Gasteiger partial charge in [0.2, 0.25) is 12.2 Å². The summed E-state index contributed by atoms with van der Waals surface area (Å²) >= 11 is 0. The summed E-state index contributed by atoms with van der Waals surface area (Å²) in [7, 11) is 0. The first-order chi connectivity index (χ1) is 18.3. The van der Waals surface area contributed by atoms with Crippen LogP contribution in [-0.4, -0.2) is 17.9 Å². The van der Waals surface area contributed by atoms with Gasteiger partial charge in [-0.15, -0.1) is 0 Å². The van der Waals surface area contributed by atoms with Crippen LogP contribution in [0.25, 0.3) is 11.1 Å². The molecule has 1 aromatic carbocycles. The molecule has 1 aliphatic heterocycles. The van der Waals surface area contributed by atoms with E-state index >= 15 is 0 Å². The summed E-state index contributed by atoms with van der Waals surface area (Å²) in [6, 6.07) is 10.3. The number of unbranched alkanes of at least 4 members (excludes halogenated alkanes) is 9. The predicted octanol–water partition coefficient (Wildman–Crippen LogP) is 9.51. The second-order valence-electron chi connectivity index (χ2n) is 11.7. The molecule has 37 heavy (non-hydrogen) atoms.